The summed E-state index contributed by atoms with van der Waals surface area (Å²) in [6.45, 7) is 2.03. The van der Waals surface area contributed by atoms with Crippen molar-refractivity contribution in [3.63, 3.8) is 0 Å². The summed E-state index contributed by atoms with van der Waals surface area (Å²) in [6, 6.07) is 7.43. The van der Waals surface area contributed by atoms with E-state index in [9.17, 15) is 4.79 Å². The number of nitrogens with one attached hydrogen (secondary N) is 1. The van der Waals surface area contributed by atoms with Gasteiger partial charge in [0.05, 0.1) is 29.3 Å². The highest BCUT2D eigenvalue weighted by Gasteiger charge is 2.31. The molecule has 3 heterocycles. The molecule has 3 aromatic rings. The Balaban J connectivity index is 1.80. The zero-order chi connectivity index (χ0) is 15.4. The van der Waals surface area contributed by atoms with Gasteiger partial charge in [0.1, 0.15) is 0 Å². The number of hydrogen-bond donors (Lipinski definition) is 1. The summed E-state index contributed by atoms with van der Waals surface area (Å²) in [5.74, 6) is 0. The van der Waals surface area contributed by atoms with E-state index in [1.54, 1.807) is 10.9 Å². The lowest BCUT2D eigenvalue weighted by Gasteiger charge is -2.08. The molecule has 1 atom stereocenters. The summed E-state index contributed by atoms with van der Waals surface area (Å²) < 4.78 is 3.70. The summed E-state index contributed by atoms with van der Waals surface area (Å²) in [7, 11) is 1.97. The maximum Gasteiger partial charge on any atom is 0.326 e. The van der Waals surface area contributed by atoms with Crippen LogP contribution in [0.25, 0.3) is 10.9 Å². The van der Waals surface area contributed by atoms with Crippen molar-refractivity contribution in [1.82, 2.24) is 19.4 Å². The molecule has 1 aliphatic rings. The van der Waals surface area contributed by atoms with E-state index in [0.29, 0.717) is 11.4 Å². The van der Waals surface area contributed by atoms with Crippen molar-refractivity contribution < 1.29 is 4.79 Å². The number of benzene rings is 1. The van der Waals surface area contributed by atoms with Crippen molar-refractivity contribution in [1.29, 1.82) is 0 Å². The normalized spacial score (nSPS) is 17.0. The van der Waals surface area contributed by atoms with Gasteiger partial charge in [-0.15, -0.1) is 0 Å². The number of hydrogen-bond acceptors (Lipinski definition) is 2. The fraction of sp³-hybridized carbons (Fsp3) is 0.250. The third-order valence-electron chi connectivity index (χ3n) is 4.41. The second kappa shape index (κ2) is 4.61. The van der Waals surface area contributed by atoms with Gasteiger partial charge in [-0.2, -0.15) is 0 Å². The minimum atomic E-state index is -0.106. The van der Waals surface area contributed by atoms with Gasteiger partial charge >= 0.3 is 6.03 Å². The topological polar surface area (TPSA) is 51.9 Å². The maximum absolute atomic E-state index is 12.3. The quantitative estimate of drug-likeness (QED) is 0.789. The number of aromatic nitrogens is 3. The SMILES string of the molecule is Cc1c(CC2NC(=O)n3c2cc2c(Cl)cccc23)ncn1C. The van der Waals surface area contributed by atoms with Gasteiger partial charge in [0.2, 0.25) is 0 Å². The Morgan fingerprint density at radius 2 is 2.23 bits per heavy atom. The van der Waals surface area contributed by atoms with Crippen molar-refractivity contribution in [2.75, 3.05) is 0 Å². The summed E-state index contributed by atoms with van der Waals surface area (Å²) in [5, 5.41) is 4.61. The van der Waals surface area contributed by atoms with Crippen molar-refractivity contribution in [2.45, 2.75) is 19.4 Å². The number of amides is 1. The molecule has 0 bridgehead atoms. The van der Waals surface area contributed by atoms with Gasteiger partial charge < -0.3 is 9.88 Å². The minimum Gasteiger partial charge on any atom is -0.338 e. The van der Waals surface area contributed by atoms with E-state index < -0.39 is 0 Å². The van der Waals surface area contributed by atoms with Crippen LogP contribution in [0, 0.1) is 6.92 Å². The molecule has 0 radical (unpaired) electrons. The highest BCUT2D eigenvalue weighted by atomic mass is 35.5. The van der Waals surface area contributed by atoms with E-state index >= 15 is 0 Å². The molecule has 22 heavy (non-hydrogen) atoms. The summed E-state index contributed by atoms with van der Waals surface area (Å²) in [4.78, 5) is 16.8. The first-order chi connectivity index (χ1) is 10.6. The third kappa shape index (κ3) is 1.78. The number of rotatable bonds is 2. The van der Waals surface area contributed by atoms with E-state index in [2.05, 4.69) is 10.3 Å². The van der Waals surface area contributed by atoms with Gasteiger partial charge in [-0.3, -0.25) is 4.57 Å². The molecule has 112 valence electrons. The van der Waals surface area contributed by atoms with Gasteiger partial charge in [-0.05, 0) is 25.1 Å². The molecule has 2 aromatic heterocycles. The molecule has 1 aromatic carbocycles. The van der Waals surface area contributed by atoms with Crippen molar-refractivity contribution >= 4 is 28.5 Å². The van der Waals surface area contributed by atoms with Crippen LogP contribution in [0.1, 0.15) is 23.1 Å². The first kappa shape index (κ1) is 13.4. The Morgan fingerprint density at radius 3 is 2.95 bits per heavy atom. The molecule has 0 saturated carbocycles. The van der Waals surface area contributed by atoms with E-state index in [-0.39, 0.29) is 12.1 Å². The molecule has 1 aliphatic heterocycles. The standard InChI is InChI=1S/C16H15ClN4O/c1-9-12(18-8-20(9)2)7-13-15-6-10-11(17)4-3-5-14(10)21(15)16(22)19-13/h3-6,8,13H,7H2,1-2H3,(H,19,22). The highest BCUT2D eigenvalue weighted by molar-refractivity contribution is 6.35. The first-order valence-electron chi connectivity index (χ1n) is 7.14. The van der Waals surface area contributed by atoms with E-state index in [1.807, 2.05) is 42.8 Å². The minimum absolute atomic E-state index is 0.0791. The number of fused-ring (bicyclic) bond motifs is 3. The molecular weight excluding hydrogens is 300 g/mol. The Morgan fingerprint density at radius 1 is 1.41 bits per heavy atom. The zero-order valence-electron chi connectivity index (χ0n) is 12.3. The summed E-state index contributed by atoms with van der Waals surface area (Å²) >= 11 is 6.25. The Kier molecular flexibility index (Phi) is 2.81. The molecule has 0 aliphatic carbocycles. The smallest absolute Gasteiger partial charge is 0.326 e. The van der Waals surface area contributed by atoms with Crippen LogP contribution >= 0.6 is 11.6 Å². The van der Waals surface area contributed by atoms with Crippen LogP contribution in [-0.2, 0) is 13.5 Å². The molecule has 0 spiro atoms. The van der Waals surface area contributed by atoms with Gasteiger partial charge in [-0.25, -0.2) is 9.78 Å². The Hall–Kier alpha value is -2.27. The third-order valence-corrected chi connectivity index (χ3v) is 4.74. The van der Waals surface area contributed by atoms with E-state index in [1.165, 1.54) is 0 Å². The van der Waals surface area contributed by atoms with Crippen LogP contribution in [-0.4, -0.2) is 20.1 Å². The molecule has 1 unspecified atom stereocenters. The monoisotopic (exact) mass is 314 g/mol. The summed E-state index contributed by atoms with van der Waals surface area (Å²) in [5.41, 5.74) is 3.90. The number of carbonyl (C=O) groups is 1. The van der Waals surface area contributed by atoms with Gasteiger partial charge in [0.25, 0.3) is 0 Å². The Bertz CT molecular complexity index is 908. The number of aryl methyl sites for hydroxylation is 1. The predicted octanol–water partition coefficient (Wildman–Crippen LogP) is 3.19. The molecule has 0 fully saturated rings. The zero-order valence-corrected chi connectivity index (χ0v) is 13.1. The van der Waals surface area contributed by atoms with Crippen LogP contribution in [0.15, 0.2) is 30.6 Å². The number of carbonyl (C=O) groups excluding carboxylic acids is 1. The lowest BCUT2D eigenvalue weighted by Crippen LogP contribution is -2.22. The summed E-state index contributed by atoms with van der Waals surface area (Å²) in [6.07, 6.45) is 2.47. The van der Waals surface area contributed by atoms with Crippen molar-refractivity contribution in [2.24, 2.45) is 7.05 Å². The van der Waals surface area contributed by atoms with E-state index in [4.69, 9.17) is 11.6 Å². The number of halogens is 1. The molecule has 6 heteroatoms. The van der Waals surface area contributed by atoms with Gasteiger partial charge in [-0.1, -0.05) is 17.7 Å². The van der Waals surface area contributed by atoms with E-state index in [0.717, 1.165) is 28.0 Å². The van der Waals surface area contributed by atoms with Crippen LogP contribution in [0.5, 0.6) is 0 Å². The highest BCUT2D eigenvalue weighted by Crippen LogP contribution is 2.34. The van der Waals surface area contributed by atoms with Crippen LogP contribution < -0.4 is 5.32 Å². The molecular formula is C16H15ClN4O. The number of imidazole rings is 1. The van der Waals surface area contributed by atoms with Gasteiger partial charge in [0, 0.05) is 29.6 Å². The fourth-order valence-electron chi connectivity index (χ4n) is 3.07. The fourth-order valence-corrected chi connectivity index (χ4v) is 3.30. The predicted molar refractivity (Wildman–Crippen MR) is 85.3 cm³/mol. The average Bonchev–Trinajstić information content (AvgIpc) is 3.11. The van der Waals surface area contributed by atoms with Gasteiger partial charge in [0.15, 0.2) is 0 Å². The largest absolute Gasteiger partial charge is 0.338 e. The van der Waals surface area contributed by atoms with Crippen molar-refractivity contribution in [3.8, 4) is 0 Å². The second-order valence-corrected chi connectivity index (χ2v) is 6.08. The molecule has 5 nitrogen and oxygen atoms in total. The maximum atomic E-state index is 12.3. The number of nitrogens with zero attached hydrogens (tertiary/aromatic N) is 3. The molecule has 0 saturated heterocycles. The first-order valence-corrected chi connectivity index (χ1v) is 7.51. The van der Waals surface area contributed by atoms with Crippen LogP contribution in [0.3, 0.4) is 0 Å². The second-order valence-electron chi connectivity index (χ2n) is 5.67. The average molecular weight is 315 g/mol. The lowest BCUT2D eigenvalue weighted by molar-refractivity contribution is 0.245. The molecule has 1 N–H and O–H groups in total. The molecule has 4 rings (SSSR count). The molecule has 1 amide bonds. The Labute approximate surface area is 132 Å². The van der Waals surface area contributed by atoms with Crippen LogP contribution in [0.4, 0.5) is 4.79 Å². The van der Waals surface area contributed by atoms with Crippen LogP contribution in [0.2, 0.25) is 5.02 Å². The van der Waals surface area contributed by atoms with Crippen molar-refractivity contribution in [3.05, 3.63) is 52.7 Å². The lowest BCUT2D eigenvalue weighted by atomic mass is 10.1.